The Morgan fingerprint density at radius 2 is 1.73 bits per heavy atom. The second-order valence-electron chi connectivity index (χ2n) is 5.67. The van der Waals surface area contributed by atoms with Crippen molar-refractivity contribution < 1.29 is 22.3 Å². The van der Waals surface area contributed by atoms with Crippen molar-refractivity contribution in [3.8, 4) is 11.5 Å². The molecule has 0 amide bonds. The highest BCUT2D eigenvalue weighted by atomic mass is 35.5. The second kappa shape index (κ2) is 8.22. The van der Waals surface area contributed by atoms with E-state index in [1.807, 2.05) is 18.2 Å². The zero-order chi connectivity index (χ0) is 18.0. The molecule has 2 aromatic carbocycles. The standard InChI is InChI=1S/C17H19FN2O4S.ClH/c1-23-15-6-14(18)17(7-16(15)24-2)25(21,22)20-8-11-3-4-12-9-19-10-13(12)5-11;/h3-7,19-20H,8-10H2,1-2H3;1H. The first-order valence-electron chi connectivity index (χ1n) is 7.67. The van der Waals surface area contributed by atoms with Gasteiger partial charge >= 0.3 is 0 Å². The predicted molar refractivity (Wildman–Crippen MR) is 97.8 cm³/mol. The van der Waals surface area contributed by atoms with Crippen molar-refractivity contribution in [2.24, 2.45) is 0 Å². The summed E-state index contributed by atoms with van der Waals surface area (Å²) in [6, 6.07) is 7.88. The summed E-state index contributed by atoms with van der Waals surface area (Å²) < 4.78 is 51.6. The summed E-state index contributed by atoms with van der Waals surface area (Å²) in [5.74, 6) is -0.624. The van der Waals surface area contributed by atoms with E-state index in [4.69, 9.17) is 9.47 Å². The molecular formula is C17H20ClFN2O4S. The van der Waals surface area contributed by atoms with Crippen LogP contribution < -0.4 is 19.5 Å². The lowest BCUT2D eigenvalue weighted by Gasteiger charge is -2.12. The highest BCUT2D eigenvalue weighted by molar-refractivity contribution is 7.89. The van der Waals surface area contributed by atoms with E-state index < -0.39 is 20.7 Å². The van der Waals surface area contributed by atoms with Gasteiger partial charge in [0.1, 0.15) is 10.7 Å². The van der Waals surface area contributed by atoms with Crippen molar-refractivity contribution in [1.29, 1.82) is 0 Å². The van der Waals surface area contributed by atoms with Crippen LogP contribution in [0.5, 0.6) is 11.5 Å². The number of hydrogen-bond donors (Lipinski definition) is 2. The minimum Gasteiger partial charge on any atom is -0.493 e. The van der Waals surface area contributed by atoms with Crippen LogP contribution in [-0.4, -0.2) is 22.6 Å². The van der Waals surface area contributed by atoms with Crippen molar-refractivity contribution >= 4 is 22.4 Å². The molecule has 0 atom stereocenters. The fourth-order valence-corrected chi connectivity index (χ4v) is 3.85. The quantitative estimate of drug-likeness (QED) is 0.775. The van der Waals surface area contributed by atoms with E-state index in [1.54, 1.807) is 0 Å². The zero-order valence-corrected chi connectivity index (χ0v) is 16.0. The predicted octanol–water partition coefficient (Wildman–Crippen LogP) is 2.35. The summed E-state index contributed by atoms with van der Waals surface area (Å²) in [5.41, 5.74) is 3.17. The maximum absolute atomic E-state index is 14.2. The average Bonchev–Trinajstić information content (AvgIpc) is 3.07. The molecule has 26 heavy (non-hydrogen) atoms. The van der Waals surface area contributed by atoms with Crippen LogP contribution in [0.25, 0.3) is 0 Å². The van der Waals surface area contributed by atoms with Crippen molar-refractivity contribution in [2.45, 2.75) is 24.5 Å². The Morgan fingerprint density at radius 1 is 1.08 bits per heavy atom. The Kier molecular flexibility index (Phi) is 6.46. The number of ether oxygens (including phenoxy) is 2. The van der Waals surface area contributed by atoms with Crippen LogP contribution in [0.2, 0.25) is 0 Å². The molecule has 1 aliphatic rings. The number of fused-ring (bicyclic) bond motifs is 1. The molecule has 1 aliphatic heterocycles. The molecule has 0 bridgehead atoms. The Bertz CT molecular complexity index is 906. The van der Waals surface area contributed by atoms with Gasteiger partial charge < -0.3 is 14.8 Å². The molecule has 6 nitrogen and oxygen atoms in total. The molecule has 2 N–H and O–H groups in total. The molecule has 0 spiro atoms. The Balaban J connectivity index is 0.00000243. The van der Waals surface area contributed by atoms with Crippen molar-refractivity contribution in [1.82, 2.24) is 10.0 Å². The SMILES string of the molecule is COc1cc(F)c(S(=O)(=O)NCc2ccc3c(c2)CNC3)cc1OC.Cl. The minimum atomic E-state index is -4.04. The monoisotopic (exact) mass is 402 g/mol. The molecule has 0 unspecified atom stereocenters. The number of rotatable bonds is 6. The number of benzene rings is 2. The molecular weight excluding hydrogens is 383 g/mol. The van der Waals surface area contributed by atoms with Crippen LogP contribution in [0.15, 0.2) is 35.2 Å². The van der Waals surface area contributed by atoms with Crippen molar-refractivity contribution in [3.63, 3.8) is 0 Å². The van der Waals surface area contributed by atoms with Crippen molar-refractivity contribution in [2.75, 3.05) is 14.2 Å². The summed E-state index contributed by atoms with van der Waals surface area (Å²) in [6.07, 6.45) is 0. The van der Waals surface area contributed by atoms with Gasteiger partial charge in [-0.1, -0.05) is 18.2 Å². The van der Waals surface area contributed by atoms with E-state index in [0.717, 1.165) is 36.3 Å². The van der Waals surface area contributed by atoms with Crippen LogP contribution in [0.4, 0.5) is 4.39 Å². The largest absolute Gasteiger partial charge is 0.493 e. The van der Waals surface area contributed by atoms with E-state index in [1.165, 1.54) is 19.8 Å². The molecule has 0 aromatic heterocycles. The molecule has 0 fully saturated rings. The molecule has 9 heteroatoms. The second-order valence-corrected chi connectivity index (χ2v) is 7.40. The lowest BCUT2D eigenvalue weighted by atomic mass is 10.1. The smallest absolute Gasteiger partial charge is 0.243 e. The van der Waals surface area contributed by atoms with Gasteiger partial charge in [-0.3, -0.25) is 0 Å². The van der Waals surface area contributed by atoms with Crippen LogP contribution in [-0.2, 0) is 29.7 Å². The number of sulfonamides is 1. The molecule has 0 saturated carbocycles. The van der Waals surface area contributed by atoms with Crippen LogP contribution in [0.3, 0.4) is 0 Å². The minimum absolute atomic E-state index is 0. The molecule has 142 valence electrons. The lowest BCUT2D eigenvalue weighted by Crippen LogP contribution is -2.24. The van der Waals surface area contributed by atoms with Crippen molar-refractivity contribution in [3.05, 3.63) is 52.8 Å². The van der Waals surface area contributed by atoms with Gasteiger partial charge in [0.2, 0.25) is 10.0 Å². The third kappa shape index (κ3) is 4.09. The van der Waals surface area contributed by atoms with Gasteiger partial charge in [-0.25, -0.2) is 17.5 Å². The zero-order valence-electron chi connectivity index (χ0n) is 14.3. The lowest BCUT2D eigenvalue weighted by molar-refractivity contribution is 0.350. The summed E-state index contributed by atoms with van der Waals surface area (Å²) >= 11 is 0. The molecule has 0 radical (unpaired) electrons. The first-order valence-corrected chi connectivity index (χ1v) is 9.15. The normalized spacial score (nSPS) is 13.0. The number of hydrogen-bond acceptors (Lipinski definition) is 5. The number of halogens is 2. The van der Waals surface area contributed by atoms with Crippen LogP contribution in [0, 0.1) is 5.82 Å². The number of methoxy groups -OCH3 is 2. The summed E-state index contributed by atoms with van der Waals surface area (Å²) in [6.45, 7) is 1.65. The van der Waals surface area contributed by atoms with Gasteiger partial charge in [0.05, 0.1) is 14.2 Å². The maximum atomic E-state index is 14.2. The topological polar surface area (TPSA) is 76.7 Å². The van der Waals surface area contributed by atoms with E-state index in [2.05, 4.69) is 10.0 Å². The first kappa shape index (κ1) is 20.4. The van der Waals surface area contributed by atoms with E-state index in [-0.39, 0.29) is 30.5 Å². The maximum Gasteiger partial charge on any atom is 0.243 e. The van der Waals surface area contributed by atoms with Gasteiger partial charge in [-0.05, 0) is 16.7 Å². The highest BCUT2D eigenvalue weighted by Crippen LogP contribution is 2.31. The molecule has 1 heterocycles. The Morgan fingerprint density at radius 3 is 2.42 bits per heavy atom. The summed E-state index contributed by atoms with van der Waals surface area (Å²) in [4.78, 5) is -0.479. The third-order valence-electron chi connectivity index (χ3n) is 4.10. The van der Waals surface area contributed by atoms with Gasteiger partial charge in [0, 0.05) is 31.8 Å². The van der Waals surface area contributed by atoms with Gasteiger partial charge in [0.25, 0.3) is 0 Å². The Labute approximate surface area is 158 Å². The van der Waals surface area contributed by atoms with E-state index >= 15 is 0 Å². The molecule has 0 aliphatic carbocycles. The van der Waals surface area contributed by atoms with E-state index in [9.17, 15) is 12.8 Å². The first-order chi connectivity index (χ1) is 11.9. The average molecular weight is 403 g/mol. The van der Waals surface area contributed by atoms with Gasteiger partial charge in [-0.15, -0.1) is 12.4 Å². The fraction of sp³-hybridized carbons (Fsp3) is 0.294. The van der Waals surface area contributed by atoms with Crippen LogP contribution in [0.1, 0.15) is 16.7 Å². The Hall–Kier alpha value is -1.87. The molecule has 2 aromatic rings. The molecule has 0 saturated heterocycles. The van der Waals surface area contributed by atoms with E-state index in [0.29, 0.717) is 0 Å². The number of nitrogens with one attached hydrogen (secondary N) is 2. The van der Waals surface area contributed by atoms with Gasteiger partial charge in [-0.2, -0.15) is 0 Å². The highest BCUT2D eigenvalue weighted by Gasteiger charge is 2.22. The fourth-order valence-electron chi connectivity index (χ4n) is 2.76. The van der Waals surface area contributed by atoms with Gasteiger partial charge in [0.15, 0.2) is 11.5 Å². The molecule has 3 rings (SSSR count). The third-order valence-corrected chi connectivity index (χ3v) is 5.51. The summed E-state index contributed by atoms with van der Waals surface area (Å²) in [5, 5.41) is 3.23. The summed E-state index contributed by atoms with van der Waals surface area (Å²) in [7, 11) is -1.32. The van der Waals surface area contributed by atoms with Crippen LogP contribution >= 0.6 is 12.4 Å².